The van der Waals surface area contributed by atoms with Crippen molar-refractivity contribution in [2.75, 3.05) is 13.2 Å². The van der Waals surface area contributed by atoms with Gasteiger partial charge in [0.25, 0.3) is 0 Å². The van der Waals surface area contributed by atoms with Crippen molar-refractivity contribution in [3.05, 3.63) is 59.7 Å². The number of hydrogen-bond donors (Lipinski definition) is 0. The van der Waals surface area contributed by atoms with Crippen LogP contribution in [0, 0.1) is 0 Å². The van der Waals surface area contributed by atoms with Crippen molar-refractivity contribution in [2.24, 2.45) is 0 Å². The molecule has 0 spiro atoms. The molecule has 1 saturated heterocycles. The van der Waals surface area contributed by atoms with Gasteiger partial charge in [-0.1, -0.05) is 24.3 Å². The number of esters is 1. The number of amides is 1. The molecule has 1 amide bonds. The lowest BCUT2D eigenvalue weighted by Crippen LogP contribution is -2.24. The van der Waals surface area contributed by atoms with E-state index < -0.39 is 5.97 Å². The number of rotatable bonds is 6. The highest BCUT2D eigenvalue weighted by atomic mass is 16.6. The Morgan fingerprint density at radius 2 is 1.92 bits per heavy atom. The molecule has 0 aromatic heterocycles. The van der Waals surface area contributed by atoms with E-state index in [4.69, 9.17) is 9.47 Å². The third-order valence-corrected chi connectivity index (χ3v) is 4.06. The van der Waals surface area contributed by atoms with Crippen LogP contribution in [0.5, 0.6) is 11.5 Å². The van der Waals surface area contributed by atoms with Crippen LogP contribution >= 0.6 is 0 Å². The minimum Gasteiger partial charge on any atom is -0.490 e. The molecule has 0 unspecified atom stereocenters. The SMILES string of the molecule is CCOc1ccccc1OC(=O)c1cccc(CN2CCCC2=O)c1. The van der Waals surface area contributed by atoms with E-state index in [1.54, 1.807) is 36.4 Å². The van der Waals surface area contributed by atoms with E-state index in [1.807, 2.05) is 24.0 Å². The molecule has 0 N–H and O–H groups in total. The van der Waals surface area contributed by atoms with Crippen LogP contribution in [0.15, 0.2) is 48.5 Å². The molecular formula is C20H21NO4. The van der Waals surface area contributed by atoms with E-state index in [1.165, 1.54) is 0 Å². The normalized spacial score (nSPS) is 13.8. The number of carbonyl (C=O) groups excluding carboxylic acids is 2. The van der Waals surface area contributed by atoms with E-state index >= 15 is 0 Å². The van der Waals surface area contributed by atoms with Crippen LogP contribution in [0.25, 0.3) is 0 Å². The summed E-state index contributed by atoms with van der Waals surface area (Å²) in [5, 5.41) is 0. The number of hydrogen-bond acceptors (Lipinski definition) is 4. The Morgan fingerprint density at radius 3 is 2.64 bits per heavy atom. The second-order valence-corrected chi connectivity index (χ2v) is 5.89. The van der Waals surface area contributed by atoms with E-state index in [0.717, 1.165) is 18.5 Å². The Labute approximate surface area is 147 Å². The minimum atomic E-state index is -0.443. The maximum atomic E-state index is 12.5. The molecule has 1 fully saturated rings. The third-order valence-electron chi connectivity index (χ3n) is 4.06. The number of ether oxygens (including phenoxy) is 2. The van der Waals surface area contributed by atoms with Gasteiger partial charge in [-0.25, -0.2) is 4.79 Å². The predicted octanol–water partition coefficient (Wildman–Crippen LogP) is 3.43. The largest absolute Gasteiger partial charge is 0.490 e. The number of nitrogens with zero attached hydrogens (tertiary/aromatic N) is 1. The summed E-state index contributed by atoms with van der Waals surface area (Å²) in [6.07, 6.45) is 1.50. The molecule has 2 aromatic carbocycles. The molecular weight excluding hydrogens is 318 g/mol. The summed E-state index contributed by atoms with van der Waals surface area (Å²) in [5.41, 5.74) is 1.37. The second-order valence-electron chi connectivity index (χ2n) is 5.89. The molecule has 0 aliphatic carbocycles. The quantitative estimate of drug-likeness (QED) is 0.598. The van der Waals surface area contributed by atoms with Gasteiger partial charge >= 0.3 is 5.97 Å². The Hall–Kier alpha value is -2.82. The first-order valence-electron chi connectivity index (χ1n) is 8.48. The van der Waals surface area contributed by atoms with Gasteiger partial charge in [0, 0.05) is 19.5 Å². The van der Waals surface area contributed by atoms with Crippen molar-refractivity contribution < 1.29 is 19.1 Å². The van der Waals surface area contributed by atoms with Crippen molar-refractivity contribution >= 4 is 11.9 Å². The number of benzene rings is 2. The van der Waals surface area contributed by atoms with Crippen molar-refractivity contribution in [1.29, 1.82) is 0 Å². The molecule has 130 valence electrons. The van der Waals surface area contributed by atoms with E-state index in [0.29, 0.717) is 36.6 Å². The maximum Gasteiger partial charge on any atom is 0.343 e. The second kappa shape index (κ2) is 7.83. The fraction of sp³-hybridized carbons (Fsp3) is 0.300. The molecule has 0 bridgehead atoms. The summed E-state index contributed by atoms with van der Waals surface area (Å²) < 4.78 is 11.0. The first kappa shape index (κ1) is 17.0. The number of para-hydroxylation sites is 2. The lowest BCUT2D eigenvalue weighted by atomic mass is 10.1. The van der Waals surface area contributed by atoms with Crippen LogP contribution < -0.4 is 9.47 Å². The molecule has 25 heavy (non-hydrogen) atoms. The molecule has 0 saturated carbocycles. The van der Waals surface area contributed by atoms with Crippen LogP contribution in [0.3, 0.4) is 0 Å². The van der Waals surface area contributed by atoms with Crippen molar-refractivity contribution in [3.63, 3.8) is 0 Å². The van der Waals surface area contributed by atoms with Gasteiger partial charge in [0.15, 0.2) is 11.5 Å². The summed E-state index contributed by atoms with van der Waals surface area (Å²) in [5.74, 6) is 0.659. The Bertz CT molecular complexity index is 772. The molecule has 1 heterocycles. The summed E-state index contributed by atoms with van der Waals surface area (Å²) in [7, 11) is 0. The summed E-state index contributed by atoms with van der Waals surface area (Å²) >= 11 is 0. The zero-order valence-electron chi connectivity index (χ0n) is 14.2. The summed E-state index contributed by atoms with van der Waals surface area (Å²) in [6, 6.07) is 14.3. The predicted molar refractivity (Wildman–Crippen MR) is 93.7 cm³/mol. The molecule has 0 radical (unpaired) electrons. The zero-order chi connectivity index (χ0) is 17.6. The highest BCUT2D eigenvalue weighted by Gasteiger charge is 2.20. The Morgan fingerprint density at radius 1 is 1.12 bits per heavy atom. The van der Waals surface area contributed by atoms with E-state index in [9.17, 15) is 9.59 Å². The van der Waals surface area contributed by atoms with Crippen LogP contribution in [0.1, 0.15) is 35.7 Å². The maximum absolute atomic E-state index is 12.5. The van der Waals surface area contributed by atoms with Crippen LogP contribution in [0.4, 0.5) is 0 Å². The topological polar surface area (TPSA) is 55.8 Å². The van der Waals surface area contributed by atoms with Crippen LogP contribution in [-0.2, 0) is 11.3 Å². The zero-order valence-corrected chi connectivity index (χ0v) is 14.2. The van der Waals surface area contributed by atoms with E-state index in [-0.39, 0.29) is 5.91 Å². The molecule has 0 atom stereocenters. The fourth-order valence-corrected chi connectivity index (χ4v) is 2.86. The van der Waals surface area contributed by atoms with Gasteiger partial charge in [0.1, 0.15) is 0 Å². The minimum absolute atomic E-state index is 0.165. The van der Waals surface area contributed by atoms with Gasteiger partial charge in [0.2, 0.25) is 5.91 Å². The Kier molecular flexibility index (Phi) is 5.33. The van der Waals surface area contributed by atoms with Gasteiger partial charge in [0.05, 0.1) is 12.2 Å². The van der Waals surface area contributed by atoms with Gasteiger partial charge < -0.3 is 14.4 Å². The third kappa shape index (κ3) is 4.18. The first-order valence-corrected chi connectivity index (χ1v) is 8.48. The first-order chi connectivity index (χ1) is 12.2. The lowest BCUT2D eigenvalue weighted by Gasteiger charge is -2.16. The smallest absolute Gasteiger partial charge is 0.343 e. The standard InChI is InChI=1S/C20H21NO4/c1-2-24-17-9-3-4-10-18(17)25-20(23)16-8-5-7-15(13-16)14-21-12-6-11-19(21)22/h3-5,7-10,13H,2,6,11-12,14H2,1H3. The Balaban J connectivity index is 1.72. The van der Waals surface area contributed by atoms with Gasteiger partial charge in [-0.2, -0.15) is 0 Å². The highest BCUT2D eigenvalue weighted by Crippen LogP contribution is 2.27. The molecule has 1 aliphatic heterocycles. The van der Waals surface area contributed by atoms with Gasteiger partial charge in [-0.15, -0.1) is 0 Å². The lowest BCUT2D eigenvalue weighted by molar-refractivity contribution is -0.128. The molecule has 5 heteroatoms. The van der Waals surface area contributed by atoms with Crippen molar-refractivity contribution in [2.45, 2.75) is 26.3 Å². The molecule has 3 rings (SSSR count). The number of carbonyl (C=O) groups is 2. The average Bonchev–Trinajstić information content (AvgIpc) is 3.02. The monoisotopic (exact) mass is 339 g/mol. The fourth-order valence-electron chi connectivity index (χ4n) is 2.86. The van der Waals surface area contributed by atoms with Gasteiger partial charge in [-0.3, -0.25) is 4.79 Å². The highest BCUT2D eigenvalue weighted by molar-refractivity contribution is 5.91. The van der Waals surface area contributed by atoms with Crippen molar-refractivity contribution in [3.8, 4) is 11.5 Å². The molecule has 2 aromatic rings. The molecule has 1 aliphatic rings. The summed E-state index contributed by atoms with van der Waals surface area (Å²) in [4.78, 5) is 26.0. The van der Waals surface area contributed by atoms with Crippen molar-refractivity contribution in [1.82, 2.24) is 4.90 Å². The number of likely N-dealkylation sites (tertiary alicyclic amines) is 1. The average molecular weight is 339 g/mol. The summed E-state index contributed by atoms with van der Waals surface area (Å²) in [6.45, 7) is 3.67. The molecule has 5 nitrogen and oxygen atoms in total. The van der Waals surface area contributed by atoms with Gasteiger partial charge in [-0.05, 0) is 43.2 Å². The van der Waals surface area contributed by atoms with Crippen LogP contribution in [-0.4, -0.2) is 29.9 Å². The van der Waals surface area contributed by atoms with Crippen LogP contribution in [0.2, 0.25) is 0 Å². The van der Waals surface area contributed by atoms with E-state index in [2.05, 4.69) is 0 Å².